The van der Waals surface area contributed by atoms with Gasteiger partial charge in [-0.15, -0.1) is 0 Å². The maximum absolute atomic E-state index is 14.5. The van der Waals surface area contributed by atoms with Crippen molar-refractivity contribution in [3.63, 3.8) is 0 Å². The van der Waals surface area contributed by atoms with Crippen molar-refractivity contribution < 1.29 is 33.9 Å². The Balaban J connectivity index is 1.18. The maximum atomic E-state index is 14.5. The fourth-order valence-electron chi connectivity index (χ4n) is 8.74. The lowest BCUT2D eigenvalue weighted by molar-refractivity contribution is -0.145. The smallest absolute Gasteiger partial charge is 0.305 e. The molecule has 6 rings (SSSR count). The van der Waals surface area contributed by atoms with Crippen LogP contribution in [0.15, 0.2) is 126 Å². The summed E-state index contributed by atoms with van der Waals surface area (Å²) in [6.45, 7) is 0.310. The summed E-state index contributed by atoms with van der Waals surface area (Å²) in [7, 11) is 0. The number of piperidine rings is 1. The molecule has 0 aromatic heterocycles. The number of fused-ring (bicyclic) bond motifs is 1. The van der Waals surface area contributed by atoms with Crippen LogP contribution >= 0.6 is 0 Å². The van der Waals surface area contributed by atoms with Gasteiger partial charge in [-0.2, -0.15) is 0 Å². The number of guanidine groups is 1. The molecule has 63 heavy (non-hydrogen) atoms. The van der Waals surface area contributed by atoms with Crippen molar-refractivity contribution in [2.24, 2.45) is 22.4 Å². The molecular weight excluding hydrogens is 801 g/mol. The second kappa shape index (κ2) is 22.2. The summed E-state index contributed by atoms with van der Waals surface area (Å²) in [5.41, 5.74) is 14.6. The van der Waals surface area contributed by atoms with Crippen LogP contribution in [-0.2, 0) is 30.4 Å². The van der Waals surface area contributed by atoms with Crippen LogP contribution in [0.1, 0.15) is 77.9 Å². The molecule has 0 radical (unpaired) electrons. The minimum absolute atomic E-state index is 0.0267. The number of nitrogens with one attached hydrogen (secondary N) is 4. The van der Waals surface area contributed by atoms with Crippen LogP contribution in [0.3, 0.4) is 0 Å². The summed E-state index contributed by atoms with van der Waals surface area (Å²) in [5.74, 6) is -4.48. The van der Waals surface area contributed by atoms with E-state index in [-0.39, 0.29) is 55.7 Å². The number of aliphatic carboxylic acids is 1. The van der Waals surface area contributed by atoms with E-state index in [1.54, 1.807) is 35.2 Å². The van der Waals surface area contributed by atoms with Gasteiger partial charge in [-0.25, -0.2) is 0 Å². The third kappa shape index (κ3) is 12.5. The minimum atomic E-state index is -1.47. The molecule has 4 aromatic rings. The lowest BCUT2D eigenvalue weighted by Gasteiger charge is -2.39. The Morgan fingerprint density at radius 1 is 0.746 bits per heavy atom. The standard InChI is InChI=1S/C48H56N8O7/c49-48(50)52-26-13-22-37(45(61)55-39(30-42(57)58)44(60)51-27-25-36(32-16-7-2-8-17-32)33-18-9-3-10-19-33)53-46(62)41-29-35(28-31-14-5-1-6-15-31)40-24-23-38(47(63)56(40)41)54-43(59)34-20-11-4-12-21-34/h1-12,14-21,35-41H,13,22-30H2,(H,51,60)(H,53,62)(H,54,59)(H,55,61)(H,57,58)(H4,49,50,52)/t35?,37-,38-,39-,40-,41-/m0/s1. The van der Waals surface area contributed by atoms with Gasteiger partial charge in [0.2, 0.25) is 23.6 Å². The molecule has 9 N–H and O–H groups in total. The monoisotopic (exact) mass is 856 g/mol. The first-order valence-corrected chi connectivity index (χ1v) is 21.5. The lowest BCUT2D eigenvalue weighted by Crippen LogP contribution is -2.61. The van der Waals surface area contributed by atoms with Crippen molar-refractivity contribution in [1.29, 1.82) is 0 Å². The van der Waals surface area contributed by atoms with E-state index >= 15 is 0 Å². The van der Waals surface area contributed by atoms with Crippen molar-refractivity contribution >= 4 is 41.5 Å². The molecule has 15 nitrogen and oxygen atoms in total. The van der Waals surface area contributed by atoms with Crippen LogP contribution in [0, 0.1) is 5.92 Å². The Morgan fingerprint density at radius 3 is 1.95 bits per heavy atom. The number of hydrogen-bond donors (Lipinski definition) is 7. The van der Waals surface area contributed by atoms with Crippen molar-refractivity contribution in [1.82, 2.24) is 26.2 Å². The average molecular weight is 857 g/mol. The number of nitrogens with zero attached hydrogens (tertiary/aromatic N) is 2. The summed E-state index contributed by atoms with van der Waals surface area (Å²) < 4.78 is 0. The fraction of sp³-hybridized carbons (Fsp3) is 0.354. The number of rotatable bonds is 20. The zero-order chi connectivity index (χ0) is 44.7. The van der Waals surface area contributed by atoms with Gasteiger partial charge in [-0.05, 0) is 79.7 Å². The van der Waals surface area contributed by atoms with Crippen molar-refractivity contribution in [2.75, 3.05) is 13.1 Å². The molecule has 2 aliphatic rings. The Labute approximate surface area is 367 Å². The SMILES string of the molecule is NC(N)=NCCC[C@H](NC(=O)[C@@H]1CC(Cc2ccccc2)[C@@H]2CC[C@H](NC(=O)c3ccccc3)C(=O)N12)C(=O)N[C@@H](CC(=O)O)C(=O)NCCC(c1ccccc1)c1ccccc1. The molecule has 0 spiro atoms. The molecule has 6 atom stereocenters. The molecule has 2 fully saturated rings. The van der Waals surface area contributed by atoms with Crippen molar-refractivity contribution in [3.05, 3.63) is 144 Å². The van der Waals surface area contributed by atoms with Gasteiger partial charge in [0.1, 0.15) is 24.2 Å². The molecule has 330 valence electrons. The van der Waals surface area contributed by atoms with Gasteiger partial charge in [0.25, 0.3) is 5.91 Å². The highest BCUT2D eigenvalue weighted by atomic mass is 16.4. The van der Waals surface area contributed by atoms with Gasteiger partial charge in [-0.3, -0.25) is 33.8 Å². The highest BCUT2D eigenvalue weighted by Crippen LogP contribution is 2.39. The lowest BCUT2D eigenvalue weighted by atomic mass is 9.86. The van der Waals surface area contributed by atoms with E-state index in [0.717, 1.165) is 16.7 Å². The van der Waals surface area contributed by atoms with E-state index in [9.17, 15) is 33.9 Å². The first-order chi connectivity index (χ1) is 30.5. The van der Waals surface area contributed by atoms with Crippen LogP contribution in [0.4, 0.5) is 0 Å². The average Bonchev–Trinajstić information content (AvgIpc) is 3.66. The molecule has 0 saturated carbocycles. The molecule has 15 heteroatoms. The first-order valence-electron chi connectivity index (χ1n) is 21.5. The predicted molar refractivity (Wildman–Crippen MR) is 238 cm³/mol. The van der Waals surface area contributed by atoms with E-state index in [2.05, 4.69) is 26.3 Å². The molecule has 2 aliphatic heterocycles. The number of hydrogen-bond acceptors (Lipinski definition) is 7. The highest BCUT2D eigenvalue weighted by Gasteiger charge is 2.51. The minimum Gasteiger partial charge on any atom is -0.481 e. The Kier molecular flexibility index (Phi) is 16.0. The number of aliphatic imine (C=N–C) groups is 1. The fourth-order valence-corrected chi connectivity index (χ4v) is 8.74. The normalized spacial score (nSPS) is 18.9. The third-order valence-corrected chi connectivity index (χ3v) is 11.8. The Morgan fingerprint density at radius 2 is 1.35 bits per heavy atom. The van der Waals surface area contributed by atoms with Crippen molar-refractivity contribution in [2.45, 2.75) is 87.5 Å². The molecule has 1 unspecified atom stereocenters. The van der Waals surface area contributed by atoms with Crippen LogP contribution in [0.5, 0.6) is 0 Å². The summed E-state index contributed by atoms with van der Waals surface area (Å²) in [5, 5.41) is 20.9. The van der Waals surface area contributed by atoms with E-state index in [4.69, 9.17) is 11.5 Å². The molecule has 2 saturated heterocycles. The zero-order valence-electron chi connectivity index (χ0n) is 35.1. The number of carbonyl (C=O) groups excluding carboxylic acids is 5. The molecule has 0 bridgehead atoms. The second-order valence-electron chi connectivity index (χ2n) is 16.1. The number of nitrogens with two attached hydrogens (primary N) is 2. The second-order valence-corrected chi connectivity index (χ2v) is 16.1. The van der Waals surface area contributed by atoms with E-state index in [0.29, 0.717) is 37.7 Å². The largest absolute Gasteiger partial charge is 0.481 e. The quantitative estimate of drug-likeness (QED) is 0.0392. The Bertz CT molecular complexity index is 2170. The van der Waals surface area contributed by atoms with Gasteiger partial charge >= 0.3 is 5.97 Å². The van der Waals surface area contributed by atoms with Crippen molar-refractivity contribution in [3.8, 4) is 0 Å². The summed E-state index contributed by atoms with van der Waals surface area (Å²) >= 11 is 0. The predicted octanol–water partition coefficient (Wildman–Crippen LogP) is 3.24. The van der Waals surface area contributed by atoms with Crippen LogP contribution in [0.25, 0.3) is 0 Å². The summed E-state index contributed by atoms with van der Waals surface area (Å²) in [6, 6.07) is 33.1. The van der Waals surface area contributed by atoms with Crippen LogP contribution < -0.4 is 32.7 Å². The summed E-state index contributed by atoms with van der Waals surface area (Å²) in [6.07, 6.45) is 1.89. The number of carbonyl (C=O) groups is 6. The van der Waals surface area contributed by atoms with Gasteiger partial charge in [0.05, 0.1) is 6.42 Å². The topological polar surface area (TPSA) is 238 Å². The number of carboxylic acids is 1. The molecule has 4 aromatic carbocycles. The van der Waals surface area contributed by atoms with Crippen LogP contribution in [0.2, 0.25) is 0 Å². The zero-order valence-corrected chi connectivity index (χ0v) is 35.1. The van der Waals surface area contributed by atoms with E-state index < -0.39 is 60.2 Å². The number of amides is 5. The van der Waals surface area contributed by atoms with Gasteiger partial charge in [-0.1, -0.05) is 109 Å². The number of benzene rings is 4. The molecular formula is C48H56N8O7. The number of carboxylic acid groups (broad SMARTS) is 1. The van der Waals surface area contributed by atoms with Gasteiger partial charge in [0, 0.05) is 30.6 Å². The molecule has 0 aliphatic carbocycles. The Hall–Kier alpha value is -7.03. The van der Waals surface area contributed by atoms with Crippen LogP contribution in [-0.4, -0.2) is 94.8 Å². The first kappa shape index (κ1) is 45.5. The maximum Gasteiger partial charge on any atom is 0.305 e. The molecule has 2 heterocycles. The molecule has 5 amide bonds. The summed E-state index contributed by atoms with van der Waals surface area (Å²) in [4.78, 5) is 87.3. The highest BCUT2D eigenvalue weighted by molar-refractivity contribution is 5.99. The third-order valence-electron chi connectivity index (χ3n) is 11.8. The van der Waals surface area contributed by atoms with E-state index in [1.807, 2.05) is 91.0 Å². The van der Waals surface area contributed by atoms with E-state index in [1.165, 1.54) is 0 Å². The van der Waals surface area contributed by atoms with Gasteiger partial charge < -0.3 is 42.7 Å². The van der Waals surface area contributed by atoms with Gasteiger partial charge in [0.15, 0.2) is 5.96 Å².